The summed E-state index contributed by atoms with van der Waals surface area (Å²) in [6.07, 6.45) is 1.70. The summed E-state index contributed by atoms with van der Waals surface area (Å²) in [5, 5.41) is 4.39. The minimum Gasteiger partial charge on any atom is -0.496 e. The van der Waals surface area contributed by atoms with E-state index in [4.69, 9.17) is 4.74 Å². The molecular weight excluding hydrogens is 264 g/mol. The monoisotopic (exact) mass is 286 g/mol. The van der Waals surface area contributed by atoms with Crippen LogP contribution in [0, 0.1) is 13.8 Å². The van der Waals surface area contributed by atoms with E-state index in [9.17, 15) is 4.79 Å². The first-order chi connectivity index (χ1) is 10.0. The third kappa shape index (κ3) is 3.51. The molecule has 4 nitrogen and oxygen atoms in total. The van der Waals surface area contributed by atoms with E-state index in [0.717, 1.165) is 29.1 Å². The Kier molecular flexibility index (Phi) is 4.78. The van der Waals surface area contributed by atoms with Crippen molar-refractivity contribution in [1.29, 1.82) is 0 Å². The largest absolute Gasteiger partial charge is 0.496 e. The summed E-state index contributed by atoms with van der Waals surface area (Å²) >= 11 is 0. The zero-order chi connectivity index (χ0) is 15.4. The van der Waals surface area contributed by atoms with Gasteiger partial charge in [0.15, 0.2) is 0 Å². The Bertz CT molecular complexity index is 644. The van der Waals surface area contributed by atoms with Crippen LogP contribution in [0.25, 0.3) is 0 Å². The highest BCUT2D eigenvalue weighted by Gasteiger charge is 2.13. The molecule has 0 atom stereocenters. The maximum absolute atomic E-state index is 12.2. The van der Waals surface area contributed by atoms with Crippen LogP contribution in [0.1, 0.15) is 28.9 Å². The topological polar surface area (TPSA) is 44.1 Å². The molecule has 21 heavy (non-hydrogen) atoms. The molecule has 112 valence electrons. The second-order valence-corrected chi connectivity index (χ2v) is 5.30. The number of aromatic nitrogens is 2. The molecule has 1 aromatic carbocycles. The van der Waals surface area contributed by atoms with E-state index >= 15 is 0 Å². The van der Waals surface area contributed by atoms with Crippen LogP contribution in [-0.4, -0.2) is 22.7 Å². The van der Waals surface area contributed by atoms with Crippen molar-refractivity contribution in [3.8, 4) is 5.75 Å². The van der Waals surface area contributed by atoms with Gasteiger partial charge in [0.1, 0.15) is 11.5 Å². The van der Waals surface area contributed by atoms with E-state index in [1.54, 1.807) is 7.11 Å². The van der Waals surface area contributed by atoms with Crippen LogP contribution >= 0.6 is 0 Å². The number of benzene rings is 1. The van der Waals surface area contributed by atoms with Gasteiger partial charge in [-0.15, -0.1) is 0 Å². The number of carbonyl (C=O) groups excluding carboxylic acids is 1. The van der Waals surface area contributed by atoms with E-state index in [1.165, 1.54) is 5.56 Å². The van der Waals surface area contributed by atoms with Crippen molar-refractivity contribution < 1.29 is 9.53 Å². The molecule has 0 aliphatic heterocycles. The number of Topliss-reactive ketones (excluding diaryl/α,β-unsaturated/α-hetero) is 1. The van der Waals surface area contributed by atoms with Crippen molar-refractivity contribution in [3.05, 3.63) is 46.8 Å². The maximum Gasteiger partial charge on any atom is 0.137 e. The number of nitrogens with zero attached hydrogens (tertiary/aromatic N) is 2. The predicted molar refractivity (Wildman–Crippen MR) is 82.7 cm³/mol. The lowest BCUT2D eigenvalue weighted by Crippen LogP contribution is -2.06. The molecule has 0 unspecified atom stereocenters. The number of hydrogen-bond donors (Lipinski definition) is 0. The van der Waals surface area contributed by atoms with Crippen LogP contribution in [-0.2, 0) is 24.7 Å². The SMILES string of the molecule is COc1ccccc1CC(=O)CCc1c(C)nn(C)c1C. The Morgan fingerprint density at radius 2 is 2.00 bits per heavy atom. The summed E-state index contributed by atoms with van der Waals surface area (Å²) in [5.41, 5.74) is 4.29. The smallest absolute Gasteiger partial charge is 0.137 e. The fourth-order valence-corrected chi connectivity index (χ4v) is 2.59. The summed E-state index contributed by atoms with van der Waals surface area (Å²) < 4.78 is 7.16. The average molecular weight is 286 g/mol. The highest BCUT2D eigenvalue weighted by Crippen LogP contribution is 2.19. The summed E-state index contributed by atoms with van der Waals surface area (Å²) in [6.45, 7) is 4.03. The van der Waals surface area contributed by atoms with Crippen molar-refractivity contribution in [2.24, 2.45) is 7.05 Å². The van der Waals surface area contributed by atoms with Crippen LogP contribution < -0.4 is 4.74 Å². The van der Waals surface area contributed by atoms with Crippen LogP contribution in [0.2, 0.25) is 0 Å². The van der Waals surface area contributed by atoms with Gasteiger partial charge in [0.25, 0.3) is 0 Å². The van der Waals surface area contributed by atoms with Crippen molar-refractivity contribution in [2.45, 2.75) is 33.1 Å². The minimum absolute atomic E-state index is 0.224. The molecule has 0 saturated heterocycles. The third-order valence-electron chi connectivity index (χ3n) is 3.89. The molecule has 0 N–H and O–H groups in total. The highest BCUT2D eigenvalue weighted by molar-refractivity contribution is 5.81. The Morgan fingerprint density at radius 1 is 1.29 bits per heavy atom. The van der Waals surface area contributed by atoms with E-state index in [2.05, 4.69) is 5.10 Å². The molecule has 0 fully saturated rings. The van der Waals surface area contributed by atoms with Crippen molar-refractivity contribution in [3.63, 3.8) is 0 Å². The summed E-state index contributed by atoms with van der Waals surface area (Å²) in [4.78, 5) is 12.2. The average Bonchev–Trinajstić information content (AvgIpc) is 2.71. The van der Waals surface area contributed by atoms with Gasteiger partial charge in [0, 0.05) is 31.1 Å². The van der Waals surface area contributed by atoms with Crippen LogP contribution in [0.15, 0.2) is 24.3 Å². The van der Waals surface area contributed by atoms with Gasteiger partial charge >= 0.3 is 0 Å². The van der Waals surface area contributed by atoms with Crippen molar-refractivity contribution in [2.75, 3.05) is 7.11 Å². The minimum atomic E-state index is 0.224. The van der Waals surface area contributed by atoms with Gasteiger partial charge in [-0.1, -0.05) is 18.2 Å². The number of hydrogen-bond acceptors (Lipinski definition) is 3. The molecule has 2 rings (SSSR count). The van der Waals surface area contributed by atoms with Crippen molar-refractivity contribution >= 4 is 5.78 Å². The number of methoxy groups -OCH3 is 1. The molecule has 1 heterocycles. The Labute approximate surface area is 125 Å². The number of ether oxygens (including phenoxy) is 1. The van der Waals surface area contributed by atoms with E-state index in [-0.39, 0.29) is 5.78 Å². The van der Waals surface area contributed by atoms with Gasteiger partial charge < -0.3 is 4.74 Å². The molecule has 2 aromatic rings. The first-order valence-corrected chi connectivity index (χ1v) is 7.15. The molecule has 0 spiro atoms. The molecule has 0 aliphatic rings. The van der Waals surface area contributed by atoms with Gasteiger partial charge in [-0.3, -0.25) is 9.48 Å². The van der Waals surface area contributed by atoms with E-state index < -0.39 is 0 Å². The third-order valence-corrected chi connectivity index (χ3v) is 3.89. The van der Waals surface area contributed by atoms with Crippen molar-refractivity contribution in [1.82, 2.24) is 9.78 Å². The fourth-order valence-electron chi connectivity index (χ4n) is 2.59. The number of carbonyl (C=O) groups is 1. The molecule has 0 radical (unpaired) electrons. The van der Waals surface area contributed by atoms with Crippen LogP contribution in [0.5, 0.6) is 5.75 Å². The lowest BCUT2D eigenvalue weighted by molar-refractivity contribution is -0.118. The Balaban J connectivity index is 1.99. The number of para-hydroxylation sites is 1. The molecule has 0 saturated carbocycles. The predicted octanol–water partition coefficient (Wildman–Crippen LogP) is 2.79. The van der Waals surface area contributed by atoms with E-state index in [1.807, 2.05) is 49.8 Å². The summed E-state index contributed by atoms with van der Waals surface area (Å²) in [5.74, 6) is 1.00. The quantitative estimate of drug-likeness (QED) is 0.820. The van der Waals surface area contributed by atoms with Gasteiger partial charge in [-0.2, -0.15) is 5.10 Å². The Morgan fingerprint density at radius 3 is 2.62 bits per heavy atom. The van der Waals surface area contributed by atoms with Crippen LogP contribution in [0.4, 0.5) is 0 Å². The van der Waals surface area contributed by atoms with E-state index in [0.29, 0.717) is 12.8 Å². The lowest BCUT2D eigenvalue weighted by Gasteiger charge is -2.07. The van der Waals surface area contributed by atoms with Gasteiger partial charge in [-0.05, 0) is 31.9 Å². The van der Waals surface area contributed by atoms with Gasteiger partial charge in [0.2, 0.25) is 0 Å². The zero-order valence-electron chi connectivity index (χ0n) is 13.1. The van der Waals surface area contributed by atoms with Crippen LogP contribution in [0.3, 0.4) is 0 Å². The lowest BCUT2D eigenvalue weighted by atomic mass is 10.0. The standard InChI is InChI=1S/C17H22N2O2/c1-12-16(13(2)19(3)18-12)10-9-15(20)11-14-7-5-6-8-17(14)21-4/h5-8H,9-11H2,1-4H3. The second-order valence-electron chi connectivity index (χ2n) is 5.30. The van der Waals surface area contributed by atoms with Gasteiger partial charge in [-0.25, -0.2) is 0 Å². The molecule has 1 aromatic heterocycles. The number of aryl methyl sites for hydroxylation is 2. The molecular formula is C17H22N2O2. The maximum atomic E-state index is 12.2. The first kappa shape index (κ1) is 15.3. The normalized spacial score (nSPS) is 10.7. The molecule has 0 amide bonds. The fraction of sp³-hybridized carbons (Fsp3) is 0.412. The molecule has 0 aliphatic carbocycles. The number of rotatable bonds is 6. The second kappa shape index (κ2) is 6.57. The highest BCUT2D eigenvalue weighted by atomic mass is 16.5. The zero-order valence-corrected chi connectivity index (χ0v) is 13.1. The summed E-state index contributed by atoms with van der Waals surface area (Å²) in [6, 6.07) is 7.67. The first-order valence-electron chi connectivity index (χ1n) is 7.15. The number of ketones is 1. The molecule has 0 bridgehead atoms. The molecule has 4 heteroatoms. The Hall–Kier alpha value is -2.10. The van der Waals surface area contributed by atoms with Gasteiger partial charge in [0.05, 0.1) is 12.8 Å². The summed E-state index contributed by atoms with van der Waals surface area (Å²) in [7, 11) is 3.56.